The number of carbonyl (C=O) groups excluding carboxylic acids is 1. The second-order valence-electron chi connectivity index (χ2n) is 3.65. The standard InChI is InChI=1S/C8H15NO6/c1-8(2,3)14-7(12)9-15-13-5-4-6(10)11/h4-5H2,1-3H3,(H,9,12)(H,10,11). The minimum atomic E-state index is -1.02. The molecule has 88 valence electrons. The molecular formula is C8H15NO6. The number of aliphatic carboxylic acids is 1. The highest BCUT2D eigenvalue weighted by Gasteiger charge is 2.16. The number of carboxylic acids is 1. The number of nitrogens with one attached hydrogen (secondary N) is 1. The molecule has 0 heterocycles. The van der Waals surface area contributed by atoms with Crippen molar-refractivity contribution in [3.63, 3.8) is 0 Å². The topological polar surface area (TPSA) is 94.1 Å². The van der Waals surface area contributed by atoms with E-state index in [4.69, 9.17) is 9.84 Å². The fourth-order valence-electron chi connectivity index (χ4n) is 0.533. The van der Waals surface area contributed by atoms with Crippen LogP contribution >= 0.6 is 0 Å². The Labute approximate surface area is 87.2 Å². The maximum Gasteiger partial charge on any atom is 0.434 e. The van der Waals surface area contributed by atoms with E-state index in [-0.39, 0.29) is 13.0 Å². The summed E-state index contributed by atoms with van der Waals surface area (Å²) >= 11 is 0. The molecule has 0 aromatic heterocycles. The van der Waals surface area contributed by atoms with Crippen molar-refractivity contribution in [2.45, 2.75) is 32.8 Å². The summed E-state index contributed by atoms with van der Waals surface area (Å²) in [6.45, 7) is 4.92. The van der Waals surface area contributed by atoms with Crippen LogP contribution in [0, 0.1) is 0 Å². The molecule has 0 atom stereocenters. The van der Waals surface area contributed by atoms with Gasteiger partial charge in [-0.25, -0.2) is 9.68 Å². The van der Waals surface area contributed by atoms with Gasteiger partial charge in [-0.2, -0.15) is 5.48 Å². The van der Waals surface area contributed by atoms with Crippen LogP contribution in [0.3, 0.4) is 0 Å². The van der Waals surface area contributed by atoms with Crippen LogP contribution in [0.25, 0.3) is 0 Å². The van der Waals surface area contributed by atoms with E-state index >= 15 is 0 Å². The fourth-order valence-corrected chi connectivity index (χ4v) is 0.533. The van der Waals surface area contributed by atoms with Gasteiger partial charge < -0.3 is 9.84 Å². The van der Waals surface area contributed by atoms with Gasteiger partial charge in [0, 0.05) is 0 Å². The Balaban J connectivity index is 3.44. The minimum absolute atomic E-state index is 0.162. The zero-order valence-electron chi connectivity index (χ0n) is 8.90. The van der Waals surface area contributed by atoms with Gasteiger partial charge in [-0.05, 0) is 20.8 Å². The monoisotopic (exact) mass is 221 g/mol. The lowest BCUT2D eigenvalue weighted by atomic mass is 10.2. The molecule has 0 fully saturated rings. The van der Waals surface area contributed by atoms with E-state index in [1.807, 2.05) is 5.48 Å². The van der Waals surface area contributed by atoms with Gasteiger partial charge in [0.1, 0.15) is 5.60 Å². The van der Waals surface area contributed by atoms with Crippen molar-refractivity contribution < 1.29 is 29.3 Å². The van der Waals surface area contributed by atoms with Crippen molar-refractivity contribution in [2.75, 3.05) is 6.61 Å². The van der Waals surface area contributed by atoms with E-state index in [9.17, 15) is 9.59 Å². The summed E-state index contributed by atoms with van der Waals surface area (Å²) in [7, 11) is 0. The zero-order chi connectivity index (χ0) is 11.9. The molecule has 0 aliphatic rings. The van der Waals surface area contributed by atoms with Crippen LogP contribution in [0.2, 0.25) is 0 Å². The number of hydrogen-bond acceptors (Lipinski definition) is 5. The molecular weight excluding hydrogens is 206 g/mol. The highest BCUT2D eigenvalue weighted by Crippen LogP contribution is 2.06. The predicted octanol–water partition coefficient (Wildman–Crippen LogP) is 0.849. The molecule has 2 N–H and O–H groups in total. The van der Waals surface area contributed by atoms with E-state index < -0.39 is 17.7 Å². The van der Waals surface area contributed by atoms with E-state index in [1.54, 1.807) is 20.8 Å². The first-order valence-electron chi connectivity index (χ1n) is 4.30. The summed E-state index contributed by atoms with van der Waals surface area (Å²) < 4.78 is 4.79. The first kappa shape index (κ1) is 13.7. The molecule has 0 aromatic carbocycles. The van der Waals surface area contributed by atoms with Crippen LogP contribution in [0.5, 0.6) is 0 Å². The van der Waals surface area contributed by atoms with E-state index in [2.05, 4.69) is 9.88 Å². The van der Waals surface area contributed by atoms with Crippen molar-refractivity contribution in [1.29, 1.82) is 0 Å². The summed E-state index contributed by atoms with van der Waals surface area (Å²) in [5.74, 6) is -1.02. The molecule has 7 nitrogen and oxygen atoms in total. The van der Waals surface area contributed by atoms with E-state index in [0.717, 1.165) is 0 Å². The smallest absolute Gasteiger partial charge is 0.434 e. The maximum atomic E-state index is 10.9. The Bertz CT molecular complexity index is 222. The lowest BCUT2D eigenvalue weighted by Gasteiger charge is -2.18. The Hall–Kier alpha value is -1.34. The van der Waals surface area contributed by atoms with Gasteiger partial charge in [-0.15, -0.1) is 4.99 Å². The number of rotatable bonds is 5. The Morgan fingerprint density at radius 2 is 1.93 bits per heavy atom. The van der Waals surface area contributed by atoms with Gasteiger partial charge in [-0.3, -0.25) is 4.79 Å². The molecule has 0 rings (SSSR count). The number of ether oxygens (including phenoxy) is 1. The number of hydrogen-bond donors (Lipinski definition) is 2. The maximum absolute atomic E-state index is 10.9. The van der Waals surface area contributed by atoms with Gasteiger partial charge in [0.15, 0.2) is 0 Å². The molecule has 0 unspecified atom stereocenters. The fraction of sp³-hybridized carbons (Fsp3) is 0.750. The Kier molecular flexibility index (Phi) is 5.65. The van der Waals surface area contributed by atoms with Gasteiger partial charge in [0.2, 0.25) is 0 Å². The zero-order valence-corrected chi connectivity index (χ0v) is 8.90. The first-order chi connectivity index (χ1) is 6.81. The summed E-state index contributed by atoms with van der Waals surface area (Å²) in [6.07, 6.45) is -1.02. The van der Waals surface area contributed by atoms with Crippen LogP contribution in [0.1, 0.15) is 27.2 Å². The molecule has 0 aliphatic heterocycles. The van der Waals surface area contributed by atoms with Crippen LogP contribution in [0.4, 0.5) is 4.79 Å². The third-order valence-corrected chi connectivity index (χ3v) is 0.982. The molecule has 0 aliphatic carbocycles. The quantitative estimate of drug-likeness (QED) is 0.406. The lowest BCUT2D eigenvalue weighted by Crippen LogP contribution is -2.32. The molecule has 0 aromatic rings. The van der Waals surface area contributed by atoms with E-state index in [1.165, 1.54) is 0 Å². The average Bonchev–Trinajstić information content (AvgIpc) is 1.99. The van der Waals surface area contributed by atoms with Crippen molar-refractivity contribution in [1.82, 2.24) is 5.48 Å². The summed E-state index contributed by atoms with van der Waals surface area (Å²) in [6, 6.07) is 0. The van der Waals surface area contributed by atoms with Crippen molar-refractivity contribution in [3.05, 3.63) is 0 Å². The second kappa shape index (κ2) is 6.20. The molecule has 0 saturated carbocycles. The van der Waals surface area contributed by atoms with Crippen LogP contribution in [0.15, 0.2) is 0 Å². The lowest BCUT2D eigenvalue weighted by molar-refractivity contribution is -0.327. The van der Waals surface area contributed by atoms with Gasteiger partial charge in [-0.1, -0.05) is 0 Å². The summed E-state index contributed by atoms with van der Waals surface area (Å²) in [5.41, 5.74) is 1.21. The van der Waals surface area contributed by atoms with Crippen LogP contribution in [-0.4, -0.2) is 29.4 Å². The Morgan fingerprint density at radius 3 is 2.40 bits per heavy atom. The molecule has 15 heavy (non-hydrogen) atoms. The molecule has 0 saturated heterocycles. The van der Waals surface area contributed by atoms with Crippen molar-refractivity contribution >= 4 is 12.1 Å². The Morgan fingerprint density at radius 1 is 1.33 bits per heavy atom. The van der Waals surface area contributed by atoms with Crippen LogP contribution in [-0.2, 0) is 19.4 Å². The summed E-state index contributed by atoms with van der Waals surface area (Å²) in [4.78, 5) is 29.5. The van der Waals surface area contributed by atoms with E-state index in [0.29, 0.717) is 0 Å². The predicted molar refractivity (Wildman–Crippen MR) is 48.7 cm³/mol. The number of carboxylic acid groups (broad SMARTS) is 1. The third-order valence-electron chi connectivity index (χ3n) is 0.982. The highest BCUT2D eigenvalue weighted by molar-refractivity contribution is 5.66. The molecule has 0 spiro atoms. The second-order valence-corrected chi connectivity index (χ2v) is 3.65. The minimum Gasteiger partial charge on any atom is -0.481 e. The molecule has 0 radical (unpaired) electrons. The molecule has 7 heteroatoms. The first-order valence-corrected chi connectivity index (χ1v) is 4.30. The van der Waals surface area contributed by atoms with Crippen molar-refractivity contribution in [2.24, 2.45) is 0 Å². The largest absolute Gasteiger partial charge is 0.481 e. The summed E-state index contributed by atoms with van der Waals surface area (Å²) in [5, 5.41) is 8.23. The third kappa shape index (κ3) is 10.6. The highest BCUT2D eigenvalue weighted by atomic mass is 17.3. The number of carbonyl (C=O) groups is 2. The van der Waals surface area contributed by atoms with Gasteiger partial charge in [0.25, 0.3) is 0 Å². The van der Waals surface area contributed by atoms with Crippen LogP contribution < -0.4 is 5.48 Å². The average molecular weight is 221 g/mol. The number of amides is 1. The normalized spacial score (nSPS) is 10.9. The molecule has 1 amide bonds. The van der Waals surface area contributed by atoms with Gasteiger partial charge in [0.05, 0.1) is 13.0 Å². The van der Waals surface area contributed by atoms with Gasteiger partial charge >= 0.3 is 12.1 Å². The number of hydroxylamine groups is 1. The SMILES string of the molecule is CC(C)(C)OC(=O)NOOCCC(=O)O. The van der Waals surface area contributed by atoms with Crippen molar-refractivity contribution in [3.8, 4) is 0 Å². The molecule has 0 bridgehead atoms.